The number of rotatable bonds is 4. The lowest BCUT2D eigenvalue weighted by Gasteiger charge is -2.02. The van der Waals surface area contributed by atoms with E-state index < -0.39 is 0 Å². The van der Waals surface area contributed by atoms with Crippen molar-refractivity contribution < 1.29 is 4.74 Å². The summed E-state index contributed by atoms with van der Waals surface area (Å²) in [6, 6.07) is 7.98. The molecule has 15 heavy (non-hydrogen) atoms. The molecule has 0 radical (unpaired) electrons. The van der Waals surface area contributed by atoms with Gasteiger partial charge in [-0.25, -0.2) is 0 Å². The lowest BCUT2D eigenvalue weighted by Crippen LogP contribution is -1.94. The maximum Gasteiger partial charge on any atom is 0.174 e. The summed E-state index contributed by atoms with van der Waals surface area (Å²) >= 11 is 0. The molecule has 1 heterocycles. The van der Waals surface area contributed by atoms with Crippen LogP contribution < -0.4 is 4.74 Å². The molecule has 1 aromatic carbocycles. The van der Waals surface area contributed by atoms with E-state index in [1.165, 1.54) is 5.56 Å². The highest BCUT2D eigenvalue weighted by Gasteiger charge is 2.00. The van der Waals surface area contributed by atoms with Crippen LogP contribution in [-0.4, -0.2) is 27.7 Å². The number of nitrogens with one attached hydrogen (secondary N) is 1. The van der Waals surface area contributed by atoms with Crippen LogP contribution in [0, 0.1) is 0 Å². The monoisotopic (exact) mass is 204 g/mol. The molecule has 0 saturated carbocycles. The number of hydrogen-bond donors (Lipinski definition) is 1. The van der Waals surface area contributed by atoms with E-state index in [-0.39, 0.29) is 0 Å². The highest BCUT2D eigenvalue weighted by molar-refractivity contribution is 5.28. The fourth-order valence-corrected chi connectivity index (χ4v) is 1.37. The normalized spacial score (nSPS) is 10.2. The molecule has 5 heteroatoms. The SMILES string of the molecule is COc1cccc(CCc2nn[nH]n2)c1. The van der Waals surface area contributed by atoms with E-state index in [9.17, 15) is 0 Å². The lowest BCUT2D eigenvalue weighted by atomic mass is 10.1. The summed E-state index contributed by atoms with van der Waals surface area (Å²) < 4.78 is 5.14. The third-order valence-electron chi connectivity index (χ3n) is 2.16. The van der Waals surface area contributed by atoms with Gasteiger partial charge in [-0.2, -0.15) is 5.21 Å². The van der Waals surface area contributed by atoms with Crippen molar-refractivity contribution in [1.82, 2.24) is 20.6 Å². The van der Waals surface area contributed by atoms with Gasteiger partial charge in [0, 0.05) is 6.42 Å². The van der Waals surface area contributed by atoms with Gasteiger partial charge >= 0.3 is 0 Å². The highest BCUT2D eigenvalue weighted by atomic mass is 16.5. The van der Waals surface area contributed by atoms with Crippen LogP contribution in [0.2, 0.25) is 0 Å². The molecule has 0 aliphatic heterocycles. The summed E-state index contributed by atoms with van der Waals surface area (Å²) in [4.78, 5) is 0. The van der Waals surface area contributed by atoms with Gasteiger partial charge in [0.1, 0.15) is 5.75 Å². The van der Waals surface area contributed by atoms with Crippen LogP contribution in [0.3, 0.4) is 0 Å². The van der Waals surface area contributed by atoms with Crippen LogP contribution in [0.1, 0.15) is 11.4 Å². The number of benzene rings is 1. The second kappa shape index (κ2) is 4.54. The molecule has 5 nitrogen and oxygen atoms in total. The molecule has 0 aliphatic carbocycles. The second-order valence-corrected chi connectivity index (χ2v) is 3.18. The molecule has 0 aliphatic rings. The lowest BCUT2D eigenvalue weighted by molar-refractivity contribution is 0.414. The van der Waals surface area contributed by atoms with Crippen molar-refractivity contribution in [2.45, 2.75) is 12.8 Å². The topological polar surface area (TPSA) is 63.7 Å². The average Bonchev–Trinajstić information content (AvgIpc) is 2.79. The molecule has 0 spiro atoms. The first kappa shape index (κ1) is 9.64. The molecule has 2 aromatic rings. The van der Waals surface area contributed by atoms with E-state index >= 15 is 0 Å². The zero-order chi connectivity index (χ0) is 10.5. The number of ether oxygens (including phenoxy) is 1. The van der Waals surface area contributed by atoms with Crippen molar-refractivity contribution in [2.75, 3.05) is 7.11 Å². The van der Waals surface area contributed by atoms with E-state index in [1.54, 1.807) is 7.11 Å². The Bertz CT molecular complexity index is 413. The number of tetrazole rings is 1. The van der Waals surface area contributed by atoms with Gasteiger partial charge in [0.15, 0.2) is 5.82 Å². The van der Waals surface area contributed by atoms with Gasteiger partial charge in [-0.1, -0.05) is 17.3 Å². The summed E-state index contributed by atoms with van der Waals surface area (Å²) in [6.45, 7) is 0. The van der Waals surface area contributed by atoms with Crippen molar-refractivity contribution in [3.8, 4) is 5.75 Å². The van der Waals surface area contributed by atoms with Crippen LogP contribution in [-0.2, 0) is 12.8 Å². The minimum atomic E-state index is 0.734. The fourth-order valence-electron chi connectivity index (χ4n) is 1.37. The fraction of sp³-hybridized carbons (Fsp3) is 0.300. The smallest absolute Gasteiger partial charge is 0.174 e. The Kier molecular flexibility index (Phi) is 2.92. The third kappa shape index (κ3) is 2.52. The van der Waals surface area contributed by atoms with E-state index in [2.05, 4.69) is 26.7 Å². The number of methoxy groups -OCH3 is 1. The molecule has 0 amide bonds. The molecular formula is C10H12N4O. The van der Waals surface area contributed by atoms with E-state index in [0.717, 1.165) is 24.4 Å². The summed E-state index contributed by atoms with van der Waals surface area (Å²) in [5, 5.41) is 13.7. The first-order valence-corrected chi connectivity index (χ1v) is 4.74. The predicted octanol–water partition coefficient (Wildman–Crippen LogP) is 0.993. The van der Waals surface area contributed by atoms with Gasteiger partial charge in [-0.05, 0) is 24.1 Å². The summed E-state index contributed by atoms with van der Waals surface area (Å²) in [5.41, 5.74) is 1.21. The Morgan fingerprint density at radius 3 is 3.00 bits per heavy atom. The third-order valence-corrected chi connectivity index (χ3v) is 2.16. The molecule has 0 fully saturated rings. The van der Waals surface area contributed by atoms with Crippen molar-refractivity contribution >= 4 is 0 Å². The highest BCUT2D eigenvalue weighted by Crippen LogP contribution is 2.13. The molecule has 0 atom stereocenters. The number of H-pyrrole nitrogens is 1. The molecule has 1 aromatic heterocycles. The molecule has 78 valence electrons. The number of nitrogens with zero attached hydrogens (tertiary/aromatic N) is 3. The van der Waals surface area contributed by atoms with Gasteiger partial charge in [-0.3, -0.25) is 0 Å². The molecule has 0 unspecified atom stereocenters. The largest absolute Gasteiger partial charge is 0.497 e. The Hall–Kier alpha value is -1.91. The van der Waals surface area contributed by atoms with Gasteiger partial charge in [0.25, 0.3) is 0 Å². The number of hydrogen-bond acceptors (Lipinski definition) is 4. The van der Waals surface area contributed by atoms with Crippen molar-refractivity contribution in [3.63, 3.8) is 0 Å². The van der Waals surface area contributed by atoms with Gasteiger partial charge in [0.2, 0.25) is 0 Å². The van der Waals surface area contributed by atoms with E-state index in [1.807, 2.05) is 18.2 Å². The maximum absolute atomic E-state index is 5.14. The summed E-state index contributed by atoms with van der Waals surface area (Å²) in [6.07, 6.45) is 1.67. The molecule has 1 N–H and O–H groups in total. The maximum atomic E-state index is 5.14. The quantitative estimate of drug-likeness (QED) is 0.806. The molecule has 0 saturated heterocycles. The Labute approximate surface area is 87.5 Å². The van der Waals surface area contributed by atoms with Crippen LogP contribution >= 0.6 is 0 Å². The number of aromatic amines is 1. The van der Waals surface area contributed by atoms with Crippen molar-refractivity contribution in [3.05, 3.63) is 35.7 Å². The minimum Gasteiger partial charge on any atom is -0.497 e. The predicted molar refractivity (Wildman–Crippen MR) is 54.6 cm³/mol. The number of aryl methyl sites for hydroxylation is 2. The minimum absolute atomic E-state index is 0.734. The zero-order valence-corrected chi connectivity index (χ0v) is 8.47. The molecule has 0 bridgehead atoms. The first-order chi connectivity index (χ1) is 7.38. The second-order valence-electron chi connectivity index (χ2n) is 3.18. The van der Waals surface area contributed by atoms with Crippen LogP contribution in [0.25, 0.3) is 0 Å². The van der Waals surface area contributed by atoms with Crippen LogP contribution in [0.4, 0.5) is 0 Å². The Morgan fingerprint density at radius 2 is 2.27 bits per heavy atom. The Balaban J connectivity index is 1.98. The molecule has 2 rings (SSSR count). The van der Waals surface area contributed by atoms with Gasteiger partial charge in [-0.15, -0.1) is 10.2 Å². The molecular weight excluding hydrogens is 192 g/mol. The van der Waals surface area contributed by atoms with Gasteiger partial charge in [0.05, 0.1) is 7.11 Å². The number of aromatic nitrogens is 4. The summed E-state index contributed by atoms with van der Waals surface area (Å²) in [5.74, 6) is 1.61. The van der Waals surface area contributed by atoms with Crippen molar-refractivity contribution in [1.29, 1.82) is 0 Å². The first-order valence-electron chi connectivity index (χ1n) is 4.74. The zero-order valence-electron chi connectivity index (χ0n) is 8.47. The van der Waals surface area contributed by atoms with E-state index in [0.29, 0.717) is 0 Å². The van der Waals surface area contributed by atoms with Crippen molar-refractivity contribution in [2.24, 2.45) is 0 Å². The summed E-state index contributed by atoms with van der Waals surface area (Å²) in [7, 11) is 1.66. The van der Waals surface area contributed by atoms with Crippen LogP contribution in [0.15, 0.2) is 24.3 Å². The van der Waals surface area contributed by atoms with E-state index in [4.69, 9.17) is 4.74 Å². The standard InChI is InChI=1S/C10H12N4O/c1-15-9-4-2-3-8(7-9)5-6-10-11-13-14-12-10/h2-4,7H,5-6H2,1H3,(H,11,12,13,14). The van der Waals surface area contributed by atoms with Gasteiger partial charge < -0.3 is 4.74 Å². The van der Waals surface area contributed by atoms with Crippen LogP contribution in [0.5, 0.6) is 5.75 Å². The average molecular weight is 204 g/mol. The Morgan fingerprint density at radius 1 is 1.33 bits per heavy atom.